The van der Waals surface area contributed by atoms with Gasteiger partial charge in [0.2, 0.25) is 9.84 Å². The standard InChI is InChI=1S/C33H39N3O4S/c1-22-10-11-25(4)27(17-22)21-36-29-18-26(32(37)34-14-7-15-35-19-23(2)16-24(3)20-35)12-13-31(29)41(39,40)30-9-6-5-8-28(30)33(36)38/h5-6,8-13,17-18,23-24H,7,14-16,19-21H2,1-4H3,(H,34,37). The minimum atomic E-state index is -4.00. The van der Waals surface area contributed by atoms with Gasteiger partial charge in [0.15, 0.2) is 0 Å². The minimum absolute atomic E-state index is 0.0194. The number of benzene rings is 3. The third-order valence-corrected chi connectivity index (χ3v) is 10.0. The Labute approximate surface area is 243 Å². The molecule has 2 heterocycles. The van der Waals surface area contributed by atoms with Crippen molar-refractivity contribution in [2.45, 2.75) is 56.9 Å². The van der Waals surface area contributed by atoms with E-state index in [1.807, 2.05) is 32.0 Å². The lowest BCUT2D eigenvalue weighted by atomic mass is 9.92. The summed E-state index contributed by atoms with van der Waals surface area (Å²) >= 11 is 0. The van der Waals surface area contributed by atoms with Crippen LogP contribution in [0.25, 0.3) is 0 Å². The molecule has 0 saturated carbocycles. The second kappa shape index (κ2) is 11.8. The van der Waals surface area contributed by atoms with E-state index in [2.05, 4.69) is 24.1 Å². The number of nitrogens with one attached hydrogen (secondary N) is 1. The molecule has 5 rings (SSSR count). The summed E-state index contributed by atoms with van der Waals surface area (Å²) in [6.45, 7) is 12.3. The first-order valence-corrected chi connectivity index (χ1v) is 15.9. The highest BCUT2D eigenvalue weighted by atomic mass is 32.2. The van der Waals surface area contributed by atoms with Gasteiger partial charge in [-0.15, -0.1) is 0 Å². The summed E-state index contributed by atoms with van der Waals surface area (Å²) in [5, 5.41) is 3.00. The van der Waals surface area contributed by atoms with Crippen LogP contribution in [0.5, 0.6) is 0 Å². The zero-order chi connectivity index (χ0) is 29.3. The number of likely N-dealkylation sites (tertiary alicyclic amines) is 1. The molecule has 2 unspecified atom stereocenters. The Bertz CT molecular complexity index is 1570. The van der Waals surface area contributed by atoms with E-state index in [1.165, 1.54) is 29.5 Å². The van der Waals surface area contributed by atoms with Crippen molar-refractivity contribution in [3.63, 3.8) is 0 Å². The van der Waals surface area contributed by atoms with E-state index in [1.54, 1.807) is 24.3 Å². The lowest BCUT2D eigenvalue weighted by molar-refractivity contribution is 0.0944. The molecule has 0 spiro atoms. The summed E-state index contributed by atoms with van der Waals surface area (Å²) in [7, 11) is -4.00. The fourth-order valence-electron chi connectivity index (χ4n) is 6.23. The van der Waals surface area contributed by atoms with Gasteiger partial charge in [0.05, 0.1) is 27.6 Å². The number of hydrogen-bond donors (Lipinski definition) is 1. The normalized spacial score (nSPS) is 20.2. The molecule has 0 aromatic heterocycles. The Morgan fingerprint density at radius 2 is 1.68 bits per heavy atom. The van der Waals surface area contributed by atoms with Crippen LogP contribution in [0.3, 0.4) is 0 Å². The quantitative estimate of drug-likeness (QED) is 0.383. The van der Waals surface area contributed by atoms with Gasteiger partial charge >= 0.3 is 0 Å². The fourth-order valence-corrected chi connectivity index (χ4v) is 7.86. The van der Waals surface area contributed by atoms with Gasteiger partial charge in [0.25, 0.3) is 11.8 Å². The molecule has 2 aliphatic heterocycles. The van der Waals surface area contributed by atoms with Crippen molar-refractivity contribution in [2.75, 3.05) is 31.1 Å². The first-order chi connectivity index (χ1) is 19.5. The van der Waals surface area contributed by atoms with Crippen LogP contribution in [0.1, 0.15) is 64.1 Å². The van der Waals surface area contributed by atoms with Crippen LogP contribution in [0.15, 0.2) is 70.5 Å². The lowest BCUT2D eigenvalue weighted by Gasteiger charge is -2.34. The van der Waals surface area contributed by atoms with Crippen LogP contribution >= 0.6 is 0 Å². The van der Waals surface area contributed by atoms with Crippen LogP contribution < -0.4 is 10.2 Å². The van der Waals surface area contributed by atoms with Crippen molar-refractivity contribution in [2.24, 2.45) is 11.8 Å². The summed E-state index contributed by atoms with van der Waals surface area (Å²) < 4.78 is 27.6. The summed E-state index contributed by atoms with van der Waals surface area (Å²) in [4.78, 5) is 31.1. The number of hydrogen-bond acceptors (Lipinski definition) is 5. The maximum absolute atomic E-state index is 13.9. The molecule has 2 amide bonds. The number of rotatable bonds is 7. The van der Waals surface area contributed by atoms with Gasteiger partial charge in [-0.2, -0.15) is 0 Å². The van der Waals surface area contributed by atoms with E-state index in [9.17, 15) is 18.0 Å². The Morgan fingerprint density at radius 3 is 2.44 bits per heavy atom. The van der Waals surface area contributed by atoms with Crippen LogP contribution in [-0.4, -0.2) is 51.3 Å². The van der Waals surface area contributed by atoms with Crippen molar-refractivity contribution in [3.05, 3.63) is 88.5 Å². The van der Waals surface area contributed by atoms with Crippen molar-refractivity contribution in [1.29, 1.82) is 0 Å². The maximum atomic E-state index is 13.9. The van der Waals surface area contributed by atoms with E-state index in [4.69, 9.17) is 0 Å². The Morgan fingerprint density at radius 1 is 0.951 bits per heavy atom. The Hall–Kier alpha value is -3.49. The molecule has 41 heavy (non-hydrogen) atoms. The predicted octanol–water partition coefficient (Wildman–Crippen LogP) is 5.39. The number of aryl methyl sites for hydroxylation is 2. The average Bonchev–Trinajstić information content (AvgIpc) is 3.00. The summed E-state index contributed by atoms with van der Waals surface area (Å²) in [6, 6.07) is 16.9. The number of anilines is 1. The predicted molar refractivity (Wildman–Crippen MR) is 161 cm³/mol. The van der Waals surface area contributed by atoms with Gasteiger partial charge in [0.1, 0.15) is 0 Å². The number of fused-ring (bicyclic) bond motifs is 2. The average molecular weight is 574 g/mol. The summed E-state index contributed by atoms with van der Waals surface area (Å²) in [5.41, 5.74) is 3.62. The summed E-state index contributed by atoms with van der Waals surface area (Å²) in [6.07, 6.45) is 2.09. The molecule has 2 aliphatic rings. The molecule has 216 valence electrons. The molecule has 3 aromatic rings. The van der Waals surface area contributed by atoms with Crippen molar-refractivity contribution in [3.8, 4) is 0 Å². The number of piperidine rings is 1. The van der Waals surface area contributed by atoms with E-state index < -0.39 is 15.7 Å². The van der Waals surface area contributed by atoms with Crippen molar-refractivity contribution < 1.29 is 18.0 Å². The molecule has 8 heteroatoms. The molecule has 2 atom stereocenters. The number of carbonyl (C=O) groups is 2. The minimum Gasteiger partial charge on any atom is -0.352 e. The first-order valence-electron chi connectivity index (χ1n) is 14.4. The molecule has 0 aliphatic carbocycles. The maximum Gasteiger partial charge on any atom is 0.259 e. The Balaban J connectivity index is 1.43. The van der Waals surface area contributed by atoms with Gasteiger partial charge in [-0.3, -0.25) is 9.59 Å². The molecule has 1 fully saturated rings. The molecule has 3 aromatic carbocycles. The molecular weight excluding hydrogens is 534 g/mol. The number of amides is 2. The topological polar surface area (TPSA) is 86.8 Å². The van der Waals surface area contributed by atoms with Gasteiger partial charge in [-0.05, 0) is 86.5 Å². The van der Waals surface area contributed by atoms with Gasteiger partial charge in [-0.25, -0.2) is 8.42 Å². The largest absolute Gasteiger partial charge is 0.352 e. The Kier molecular flexibility index (Phi) is 8.34. The molecule has 0 radical (unpaired) electrons. The van der Waals surface area contributed by atoms with E-state index in [0.717, 1.165) is 42.7 Å². The second-order valence-corrected chi connectivity index (χ2v) is 13.7. The lowest BCUT2D eigenvalue weighted by Crippen LogP contribution is -2.40. The van der Waals surface area contributed by atoms with E-state index >= 15 is 0 Å². The third kappa shape index (κ3) is 6.09. The molecule has 1 N–H and O–H groups in total. The monoisotopic (exact) mass is 573 g/mol. The number of carbonyl (C=O) groups excluding carboxylic acids is 2. The van der Waals surface area contributed by atoms with Gasteiger partial charge in [0, 0.05) is 25.2 Å². The van der Waals surface area contributed by atoms with E-state index in [0.29, 0.717) is 23.9 Å². The zero-order valence-electron chi connectivity index (χ0n) is 24.3. The summed E-state index contributed by atoms with van der Waals surface area (Å²) in [5.74, 6) is 0.673. The molecule has 0 bridgehead atoms. The molecular formula is C33H39N3O4S. The third-order valence-electron chi connectivity index (χ3n) is 8.17. The first kappa shape index (κ1) is 29.0. The van der Waals surface area contributed by atoms with Gasteiger partial charge < -0.3 is 15.1 Å². The molecule has 1 saturated heterocycles. The van der Waals surface area contributed by atoms with Crippen molar-refractivity contribution in [1.82, 2.24) is 10.2 Å². The van der Waals surface area contributed by atoms with Crippen LogP contribution in [0.4, 0.5) is 5.69 Å². The zero-order valence-corrected chi connectivity index (χ0v) is 25.1. The fraction of sp³-hybridized carbons (Fsp3) is 0.394. The highest BCUT2D eigenvalue weighted by Crippen LogP contribution is 2.38. The number of sulfone groups is 1. The highest BCUT2D eigenvalue weighted by Gasteiger charge is 2.36. The molecule has 7 nitrogen and oxygen atoms in total. The van der Waals surface area contributed by atoms with Crippen molar-refractivity contribution >= 4 is 27.3 Å². The SMILES string of the molecule is Cc1ccc(C)c(CN2C(=O)c3ccccc3S(=O)(=O)c3ccc(C(=O)NCCCN4CC(C)CC(C)C4)cc32)c1. The van der Waals surface area contributed by atoms with Gasteiger partial charge in [-0.1, -0.05) is 49.7 Å². The number of nitrogens with zero attached hydrogens (tertiary/aromatic N) is 2. The van der Waals surface area contributed by atoms with E-state index in [-0.39, 0.29) is 33.5 Å². The smallest absolute Gasteiger partial charge is 0.259 e. The second-order valence-electron chi connectivity index (χ2n) is 11.8. The highest BCUT2D eigenvalue weighted by molar-refractivity contribution is 7.91. The van der Waals surface area contributed by atoms with Crippen LogP contribution in [0.2, 0.25) is 0 Å². The van der Waals surface area contributed by atoms with Crippen LogP contribution in [0, 0.1) is 25.7 Å². The van der Waals surface area contributed by atoms with Crippen LogP contribution in [-0.2, 0) is 16.4 Å².